The second kappa shape index (κ2) is 11.0. The Morgan fingerprint density at radius 2 is 1.89 bits per heavy atom. The lowest BCUT2D eigenvalue weighted by Crippen LogP contribution is -2.39. The van der Waals surface area contributed by atoms with Gasteiger partial charge in [0.1, 0.15) is 0 Å². The Labute approximate surface area is 226 Å². The van der Waals surface area contributed by atoms with Crippen molar-refractivity contribution in [3.63, 3.8) is 0 Å². The first-order valence-electron chi connectivity index (χ1n) is 11.6. The first-order valence-corrected chi connectivity index (χ1v) is 13.4. The second-order valence-electron chi connectivity index (χ2n) is 8.18. The molecule has 0 fully saturated rings. The molecule has 1 aromatic heterocycles. The number of ether oxygens (including phenoxy) is 3. The third-order valence-corrected chi connectivity index (χ3v) is 7.53. The maximum atomic E-state index is 13.8. The minimum Gasteiger partial charge on any atom is -0.493 e. The van der Waals surface area contributed by atoms with Gasteiger partial charge in [-0.25, -0.2) is 9.79 Å². The van der Waals surface area contributed by atoms with E-state index < -0.39 is 12.0 Å². The van der Waals surface area contributed by atoms with Crippen molar-refractivity contribution >= 4 is 46.0 Å². The average Bonchev–Trinajstić information content (AvgIpc) is 3.14. The molecule has 0 aliphatic carbocycles. The number of carbonyl (C=O) groups is 1. The Bertz CT molecular complexity index is 1520. The summed E-state index contributed by atoms with van der Waals surface area (Å²) in [5, 5.41) is 0. The molecule has 7 nitrogen and oxygen atoms in total. The zero-order valence-electron chi connectivity index (χ0n) is 20.8. The van der Waals surface area contributed by atoms with Gasteiger partial charge in [-0.2, -0.15) is 0 Å². The largest absolute Gasteiger partial charge is 0.493 e. The van der Waals surface area contributed by atoms with Crippen LogP contribution in [0, 0.1) is 10.5 Å². The molecule has 0 bridgehead atoms. The molecule has 0 saturated carbocycles. The van der Waals surface area contributed by atoms with Gasteiger partial charge >= 0.3 is 5.97 Å². The number of halogens is 1. The highest BCUT2D eigenvalue weighted by molar-refractivity contribution is 14.1. The third kappa shape index (κ3) is 4.99. The van der Waals surface area contributed by atoms with Gasteiger partial charge in [-0.3, -0.25) is 9.36 Å². The monoisotopic (exact) mass is 618 g/mol. The Morgan fingerprint density at radius 1 is 1.17 bits per heavy atom. The van der Waals surface area contributed by atoms with Gasteiger partial charge in [-0.1, -0.05) is 41.2 Å². The lowest BCUT2D eigenvalue weighted by atomic mass is 9.95. The maximum absolute atomic E-state index is 13.8. The zero-order chi connectivity index (χ0) is 26.0. The van der Waals surface area contributed by atoms with Crippen molar-refractivity contribution in [1.29, 1.82) is 0 Å². The number of aromatic nitrogens is 1. The fraction of sp³-hybridized carbons (Fsp3) is 0.296. The van der Waals surface area contributed by atoms with E-state index >= 15 is 0 Å². The second-order valence-corrected chi connectivity index (χ2v) is 10.4. The molecular formula is C27H27IN2O5S. The van der Waals surface area contributed by atoms with E-state index in [-0.39, 0.29) is 12.2 Å². The van der Waals surface area contributed by atoms with Crippen molar-refractivity contribution in [1.82, 2.24) is 4.57 Å². The van der Waals surface area contributed by atoms with E-state index in [1.807, 2.05) is 56.3 Å². The molecule has 0 N–H and O–H groups in total. The summed E-state index contributed by atoms with van der Waals surface area (Å²) < 4.78 is 19.6. The molecule has 4 rings (SSSR count). The molecule has 2 aromatic carbocycles. The van der Waals surface area contributed by atoms with Crippen LogP contribution in [-0.4, -0.2) is 30.9 Å². The van der Waals surface area contributed by atoms with Crippen LogP contribution in [0.3, 0.4) is 0 Å². The van der Waals surface area contributed by atoms with E-state index in [9.17, 15) is 9.59 Å². The molecule has 9 heteroatoms. The molecule has 0 spiro atoms. The number of thiazole rings is 1. The molecule has 36 heavy (non-hydrogen) atoms. The summed E-state index contributed by atoms with van der Waals surface area (Å²) >= 11 is 3.49. The number of benzene rings is 2. The molecule has 0 saturated heterocycles. The van der Waals surface area contributed by atoms with Crippen LogP contribution < -0.4 is 24.4 Å². The van der Waals surface area contributed by atoms with Crippen LogP contribution in [0.25, 0.3) is 6.08 Å². The first kappa shape index (κ1) is 26.2. The minimum atomic E-state index is -0.627. The summed E-state index contributed by atoms with van der Waals surface area (Å²) in [6, 6.07) is 11.0. The molecule has 3 aromatic rings. The SMILES string of the molecule is CCOC(=O)C1=C(C)N=c2sc(=Cc3cc(I)c(OCC)c(OC)c3)c(=O)n2C1c1ccc(C)cc1. The highest BCUT2D eigenvalue weighted by Crippen LogP contribution is 2.34. The summed E-state index contributed by atoms with van der Waals surface area (Å²) in [5.41, 5.74) is 3.41. The van der Waals surface area contributed by atoms with Crippen LogP contribution in [0.5, 0.6) is 11.5 Å². The Kier molecular flexibility index (Phi) is 7.99. The topological polar surface area (TPSA) is 79.1 Å². The fourth-order valence-electron chi connectivity index (χ4n) is 4.11. The van der Waals surface area contributed by atoms with Gasteiger partial charge in [0, 0.05) is 0 Å². The molecule has 1 atom stereocenters. The van der Waals surface area contributed by atoms with Crippen LogP contribution in [0.1, 0.15) is 43.5 Å². The molecule has 0 radical (unpaired) electrons. The van der Waals surface area contributed by atoms with Crippen molar-refractivity contribution in [3.05, 3.63) is 87.6 Å². The van der Waals surface area contributed by atoms with E-state index in [4.69, 9.17) is 14.2 Å². The van der Waals surface area contributed by atoms with E-state index in [0.29, 0.717) is 38.7 Å². The van der Waals surface area contributed by atoms with Crippen molar-refractivity contribution in [2.24, 2.45) is 4.99 Å². The average molecular weight is 618 g/mol. The summed E-state index contributed by atoms with van der Waals surface area (Å²) in [5.74, 6) is 0.804. The number of nitrogens with zero attached hydrogens (tertiary/aromatic N) is 2. The van der Waals surface area contributed by atoms with E-state index in [0.717, 1.165) is 20.3 Å². The number of hydrogen-bond donors (Lipinski definition) is 0. The lowest BCUT2D eigenvalue weighted by Gasteiger charge is -2.24. The van der Waals surface area contributed by atoms with Crippen LogP contribution in [0.4, 0.5) is 0 Å². The Hall–Kier alpha value is -2.92. The number of methoxy groups -OCH3 is 1. The molecule has 1 aliphatic rings. The quantitative estimate of drug-likeness (QED) is 0.294. The standard InChI is InChI=1S/C27H27IN2O5S/c1-6-34-24-19(28)12-17(13-20(24)33-5)14-21-25(31)30-23(18-10-8-15(3)9-11-18)22(26(32)35-7-2)16(4)29-27(30)36-21/h8-14,23H,6-7H2,1-5H3. The van der Waals surface area contributed by atoms with E-state index in [1.54, 1.807) is 25.5 Å². The Balaban J connectivity index is 1.92. The van der Waals surface area contributed by atoms with Crippen molar-refractivity contribution < 1.29 is 19.0 Å². The molecule has 1 unspecified atom stereocenters. The number of hydrogen-bond acceptors (Lipinski definition) is 7. The molecule has 1 aliphatic heterocycles. The van der Waals surface area contributed by atoms with Gasteiger partial charge in [-0.15, -0.1) is 0 Å². The smallest absolute Gasteiger partial charge is 0.338 e. The summed E-state index contributed by atoms with van der Waals surface area (Å²) in [4.78, 5) is 31.9. The first-order chi connectivity index (χ1) is 17.3. The van der Waals surface area contributed by atoms with E-state index in [1.165, 1.54) is 11.3 Å². The molecule has 0 amide bonds. The number of aryl methyl sites for hydroxylation is 1. The number of carbonyl (C=O) groups excluding carboxylic acids is 1. The third-order valence-electron chi connectivity index (χ3n) is 5.75. The van der Waals surface area contributed by atoms with Crippen LogP contribution >= 0.6 is 33.9 Å². The van der Waals surface area contributed by atoms with Crippen LogP contribution in [0.15, 0.2) is 57.5 Å². The van der Waals surface area contributed by atoms with Crippen LogP contribution in [0.2, 0.25) is 0 Å². The minimum absolute atomic E-state index is 0.221. The lowest BCUT2D eigenvalue weighted by molar-refractivity contribution is -0.139. The maximum Gasteiger partial charge on any atom is 0.338 e. The highest BCUT2D eigenvalue weighted by Gasteiger charge is 2.33. The summed E-state index contributed by atoms with van der Waals surface area (Å²) in [7, 11) is 1.59. The van der Waals surface area contributed by atoms with Crippen molar-refractivity contribution in [2.75, 3.05) is 20.3 Å². The molecule has 188 valence electrons. The fourth-order valence-corrected chi connectivity index (χ4v) is 5.94. The predicted molar refractivity (Wildman–Crippen MR) is 148 cm³/mol. The highest BCUT2D eigenvalue weighted by atomic mass is 127. The number of fused-ring (bicyclic) bond motifs is 1. The van der Waals surface area contributed by atoms with E-state index in [2.05, 4.69) is 27.6 Å². The predicted octanol–water partition coefficient (Wildman–Crippen LogP) is 4.12. The number of rotatable bonds is 7. The number of esters is 1. The van der Waals surface area contributed by atoms with Gasteiger partial charge in [0.25, 0.3) is 5.56 Å². The summed E-state index contributed by atoms with van der Waals surface area (Å²) in [6.07, 6.45) is 1.82. The Morgan fingerprint density at radius 3 is 2.53 bits per heavy atom. The van der Waals surface area contributed by atoms with Gasteiger partial charge < -0.3 is 14.2 Å². The zero-order valence-corrected chi connectivity index (χ0v) is 23.7. The molecular weight excluding hydrogens is 591 g/mol. The van der Waals surface area contributed by atoms with Gasteiger partial charge in [0.2, 0.25) is 0 Å². The number of allylic oxidation sites excluding steroid dienone is 1. The van der Waals surface area contributed by atoms with Gasteiger partial charge in [-0.05, 0) is 79.6 Å². The molecule has 2 heterocycles. The summed E-state index contributed by atoms with van der Waals surface area (Å²) in [6.45, 7) is 8.21. The van der Waals surface area contributed by atoms with Crippen molar-refractivity contribution in [3.8, 4) is 11.5 Å². The van der Waals surface area contributed by atoms with Crippen LogP contribution in [-0.2, 0) is 9.53 Å². The normalized spacial score (nSPS) is 15.4. The van der Waals surface area contributed by atoms with Crippen molar-refractivity contribution in [2.45, 2.75) is 33.7 Å². The van der Waals surface area contributed by atoms with Gasteiger partial charge in [0.15, 0.2) is 16.3 Å². The van der Waals surface area contributed by atoms with Gasteiger partial charge in [0.05, 0.1) is 45.7 Å².